The van der Waals surface area contributed by atoms with Gasteiger partial charge in [-0.3, -0.25) is 0 Å². The molecular formula is C15H20F2N2O2. The van der Waals surface area contributed by atoms with Crippen molar-refractivity contribution < 1.29 is 18.7 Å². The number of nitrogens with one attached hydrogen (secondary N) is 2. The highest BCUT2D eigenvalue weighted by atomic mass is 19.1. The minimum atomic E-state index is -0.686. The highest BCUT2D eigenvalue weighted by molar-refractivity contribution is 5.74. The smallest absolute Gasteiger partial charge is 0.315 e. The van der Waals surface area contributed by atoms with Crippen molar-refractivity contribution in [3.63, 3.8) is 0 Å². The third kappa shape index (κ3) is 4.14. The normalized spacial score (nSPS) is 22.9. The van der Waals surface area contributed by atoms with Crippen LogP contribution in [0.1, 0.15) is 37.8 Å². The van der Waals surface area contributed by atoms with Gasteiger partial charge in [0.2, 0.25) is 0 Å². The number of carbonyl (C=O) groups excluding carboxylic acids is 1. The van der Waals surface area contributed by atoms with E-state index in [9.17, 15) is 18.7 Å². The molecule has 0 unspecified atom stereocenters. The van der Waals surface area contributed by atoms with Gasteiger partial charge in [0.1, 0.15) is 11.6 Å². The molecule has 0 radical (unpaired) electrons. The van der Waals surface area contributed by atoms with E-state index in [0.717, 1.165) is 31.4 Å². The molecule has 116 valence electrons. The van der Waals surface area contributed by atoms with E-state index in [1.54, 1.807) is 6.92 Å². The first-order chi connectivity index (χ1) is 9.97. The summed E-state index contributed by atoms with van der Waals surface area (Å²) in [5.74, 6) is -1.26. The van der Waals surface area contributed by atoms with Gasteiger partial charge in [0.25, 0.3) is 0 Å². The first-order valence-corrected chi connectivity index (χ1v) is 7.14. The molecule has 1 saturated carbocycles. The molecule has 1 aliphatic rings. The number of hydrogen-bond acceptors (Lipinski definition) is 2. The maximum Gasteiger partial charge on any atom is 0.315 e. The Kier molecular flexibility index (Phi) is 5.12. The quantitative estimate of drug-likeness (QED) is 0.800. The third-order valence-corrected chi connectivity index (χ3v) is 3.92. The highest BCUT2D eigenvalue weighted by Crippen LogP contribution is 2.24. The van der Waals surface area contributed by atoms with Crippen molar-refractivity contribution >= 4 is 6.03 Å². The van der Waals surface area contributed by atoms with Gasteiger partial charge >= 0.3 is 6.03 Å². The Hall–Kier alpha value is -1.69. The lowest BCUT2D eigenvalue weighted by atomic mass is 10.1. The SMILES string of the molecule is C[C@H](NC(=O)NC[C@@H]1CCC[C@H]1O)c1ccc(F)cc1F. The van der Waals surface area contributed by atoms with Crippen LogP contribution in [0.15, 0.2) is 18.2 Å². The van der Waals surface area contributed by atoms with E-state index in [-0.39, 0.29) is 17.6 Å². The van der Waals surface area contributed by atoms with E-state index < -0.39 is 23.7 Å². The molecule has 0 aromatic heterocycles. The Labute approximate surface area is 122 Å². The first-order valence-electron chi connectivity index (χ1n) is 7.14. The average molecular weight is 298 g/mol. The molecule has 2 rings (SSSR count). The van der Waals surface area contributed by atoms with E-state index in [4.69, 9.17) is 0 Å². The Morgan fingerprint density at radius 3 is 2.81 bits per heavy atom. The molecule has 0 bridgehead atoms. The number of urea groups is 1. The van der Waals surface area contributed by atoms with Crippen molar-refractivity contribution in [2.45, 2.75) is 38.3 Å². The van der Waals surface area contributed by atoms with Gasteiger partial charge in [-0.25, -0.2) is 13.6 Å². The van der Waals surface area contributed by atoms with Crippen molar-refractivity contribution in [3.8, 4) is 0 Å². The summed E-state index contributed by atoms with van der Waals surface area (Å²) in [7, 11) is 0. The van der Waals surface area contributed by atoms with E-state index >= 15 is 0 Å². The molecular weight excluding hydrogens is 278 g/mol. The van der Waals surface area contributed by atoms with Crippen LogP contribution in [0.25, 0.3) is 0 Å². The van der Waals surface area contributed by atoms with Crippen LogP contribution in [0.5, 0.6) is 0 Å². The maximum absolute atomic E-state index is 13.6. The topological polar surface area (TPSA) is 61.4 Å². The van der Waals surface area contributed by atoms with Gasteiger partial charge in [-0.05, 0) is 25.8 Å². The molecule has 0 saturated heterocycles. The van der Waals surface area contributed by atoms with Gasteiger partial charge in [-0.15, -0.1) is 0 Å². The van der Waals surface area contributed by atoms with Crippen LogP contribution in [-0.4, -0.2) is 23.8 Å². The second kappa shape index (κ2) is 6.85. The summed E-state index contributed by atoms with van der Waals surface area (Å²) in [6.45, 7) is 2.02. The summed E-state index contributed by atoms with van der Waals surface area (Å²) in [4.78, 5) is 11.8. The van der Waals surface area contributed by atoms with Crippen LogP contribution in [0.4, 0.5) is 13.6 Å². The molecule has 3 N–H and O–H groups in total. The Balaban J connectivity index is 1.84. The van der Waals surface area contributed by atoms with Crippen LogP contribution in [0.3, 0.4) is 0 Å². The summed E-state index contributed by atoms with van der Waals surface area (Å²) in [6, 6.07) is 2.27. The molecule has 0 heterocycles. The molecule has 1 fully saturated rings. The third-order valence-electron chi connectivity index (χ3n) is 3.92. The number of benzene rings is 1. The summed E-state index contributed by atoms with van der Waals surface area (Å²) in [5, 5.41) is 14.9. The largest absolute Gasteiger partial charge is 0.393 e. The number of hydrogen-bond donors (Lipinski definition) is 3. The maximum atomic E-state index is 13.6. The number of carbonyl (C=O) groups is 1. The van der Waals surface area contributed by atoms with Crippen LogP contribution >= 0.6 is 0 Å². The lowest BCUT2D eigenvalue weighted by Crippen LogP contribution is -2.40. The molecule has 0 aliphatic heterocycles. The lowest BCUT2D eigenvalue weighted by Gasteiger charge is -2.18. The minimum absolute atomic E-state index is 0.0774. The molecule has 1 aliphatic carbocycles. The second-order valence-corrected chi connectivity index (χ2v) is 5.50. The molecule has 21 heavy (non-hydrogen) atoms. The Bertz CT molecular complexity index is 510. The van der Waals surface area contributed by atoms with E-state index in [1.165, 1.54) is 6.07 Å². The summed E-state index contributed by atoms with van der Waals surface area (Å²) in [6.07, 6.45) is 2.26. The highest BCUT2D eigenvalue weighted by Gasteiger charge is 2.25. The van der Waals surface area contributed by atoms with Crippen molar-refractivity contribution in [3.05, 3.63) is 35.4 Å². The number of aliphatic hydroxyl groups is 1. The predicted molar refractivity (Wildman–Crippen MR) is 74.7 cm³/mol. The fourth-order valence-corrected chi connectivity index (χ4v) is 2.66. The molecule has 1 aromatic rings. The van der Waals surface area contributed by atoms with E-state index in [2.05, 4.69) is 10.6 Å². The zero-order valence-corrected chi connectivity index (χ0v) is 11.9. The van der Waals surface area contributed by atoms with Crippen molar-refractivity contribution in [1.29, 1.82) is 0 Å². The average Bonchev–Trinajstić information content (AvgIpc) is 2.81. The van der Waals surface area contributed by atoms with Crippen molar-refractivity contribution in [2.75, 3.05) is 6.54 Å². The van der Waals surface area contributed by atoms with Crippen LogP contribution in [0, 0.1) is 17.6 Å². The summed E-state index contributed by atoms with van der Waals surface area (Å²) >= 11 is 0. The molecule has 6 heteroatoms. The molecule has 3 atom stereocenters. The van der Waals surface area contributed by atoms with Gasteiger partial charge in [0.15, 0.2) is 0 Å². The summed E-state index contributed by atoms with van der Waals surface area (Å²) in [5.41, 5.74) is 0.229. The van der Waals surface area contributed by atoms with Crippen molar-refractivity contribution in [2.24, 2.45) is 5.92 Å². The van der Waals surface area contributed by atoms with Gasteiger partial charge in [-0.2, -0.15) is 0 Å². The number of aliphatic hydroxyl groups excluding tert-OH is 1. The predicted octanol–water partition coefficient (Wildman–Crippen LogP) is 2.49. The molecule has 4 nitrogen and oxygen atoms in total. The zero-order chi connectivity index (χ0) is 15.4. The standard InChI is InChI=1S/C15H20F2N2O2/c1-9(12-6-5-11(16)7-13(12)17)19-15(21)18-8-10-3-2-4-14(10)20/h5-7,9-10,14,20H,2-4,8H2,1H3,(H2,18,19,21)/t9-,10-,14+/m0/s1. The van der Waals surface area contributed by atoms with Gasteiger partial charge in [-0.1, -0.05) is 12.5 Å². The Morgan fingerprint density at radius 2 is 2.19 bits per heavy atom. The molecule has 2 amide bonds. The van der Waals surface area contributed by atoms with Crippen molar-refractivity contribution in [1.82, 2.24) is 10.6 Å². The summed E-state index contributed by atoms with van der Waals surface area (Å²) < 4.78 is 26.4. The van der Waals surface area contributed by atoms with Crippen LogP contribution < -0.4 is 10.6 Å². The molecule has 0 spiro atoms. The number of rotatable bonds is 4. The first kappa shape index (κ1) is 15.7. The molecule has 1 aromatic carbocycles. The monoisotopic (exact) mass is 298 g/mol. The fourth-order valence-electron chi connectivity index (χ4n) is 2.66. The lowest BCUT2D eigenvalue weighted by molar-refractivity contribution is 0.132. The Morgan fingerprint density at radius 1 is 1.43 bits per heavy atom. The van der Waals surface area contributed by atoms with E-state index in [1.807, 2.05) is 0 Å². The number of halogens is 2. The van der Waals surface area contributed by atoms with Crippen LogP contribution in [0.2, 0.25) is 0 Å². The van der Waals surface area contributed by atoms with E-state index in [0.29, 0.717) is 6.54 Å². The fraction of sp³-hybridized carbons (Fsp3) is 0.533. The second-order valence-electron chi connectivity index (χ2n) is 5.50. The zero-order valence-electron chi connectivity index (χ0n) is 11.9. The minimum Gasteiger partial charge on any atom is -0.393 e. The van der Waals surface area contributed by atoms with Crippen LogP contribution in [-0.2, 0) is 0 Å². The van der Waals surface area contributed by atoms with Gasteiger partial charge in [0, 0.05) is 24.1 Å². The van der Waals surface area contributed by atoms with Gasteiger partial charge < -0.3 is 15.7 Å². The van der Waals surface area contributed by atoms with Gasteiger partial charge in [0.05, 0.1) is 12.1 Å². The number of amides is 2.